The normalized spacial score (nSPS) is 21.1. The Morgan fingerprint density at radius 3 is 2.94 bits per heavy atom. The smallest absolute Gasteiger partial charge is 0.0826 e. The van der Waals surface area contributed by atoms with Crippen LogP contribution in [0.5, 0.6) is 0 Å². The monoisotopic (exact) mass is 248 g/mol. The quantitative estimate of drug-likeness (QED) is 0.826. The number of rotatable bonds is 6. The van der Waals surface area contributed by atoms with Gasteiger partial charge in [-0.05, 0) is 32.0 Å². The van der Waals surface area contributed by atoms with Crippen LogP contribution in [-0.2, 0) is 11.2 Å². The predicted octanol–water partition coefficient (Wildman–Crippen LogP) is 1.54. The second-order valence-electron chi connectivity index (χ2n) is 4.94. The van der Waals surface area contributed by atoms with Crippen molar-refractivity contribution < 1.29 is 4.74 Å². The number of ether oxygens (including phenoxy) is 1. The number of morpholine rings is 1. The maximum Gasteiger partial charge on any atom is 0.0826 e. The van der Waals surface area contributed by atoms with Gasteiger partial charge in [-0.25, -0.2) is 0 Å². The zero-order valence-electron chi connectivity index (χ0n) is 11.3. The summed E-state index contributed by atoms with van der Waals surface area (Å²) in [5.74, 6) is 0. The van der Waals surface area contributed by atoms with Crippen molar-refractivity contribution in [3.63, 3.8) is 0 Å². The van der Waals surface area contributed by atoms with E-state index in [-0.39, 0.29) is 0 Å². The van der Waals surface area contributed by atoms with E-state index in [0.29, 0.717) is 6.10 Å². The third-order valence-electron chi connectivity index (χ3n) is 3.44. The molecule has 1 aliphatic rings. The SMILES string of the molecule is CNCC1CN(CCCc2ccccc2)CCO1. The lowest BCUT2D eigenvalue weighted by atomic mass is 10.1. The molecule has 3 nitrogen and oxygen atoms in total. The van der Waals surface area contributed by atoms with E-state index in [2.05, 4.69) is 40.5 Å². The molecule has 1 saturated heterocycles. The van der Waals surface area contributed by atoms with Gasteiger partial charge in [0.1, 0.15) is 0 Å². The van der Waals surface area contributed by atoms with Crippen LogP contribution < -0.4 is 5.32 Å². The topological polar surface area (TPSA) is 24.5 Å². The highest BCUT2D eigenvalue weighted by atomic mass is 16.5. The second-order valence-corrected chi connectivity index (χ2v) is 4.94. The largest absolute Gasteiger partial charge is 0.374 e. The molecule has 1 aliphatic heterocycles. The Hall–Kier alpha value is -0.900. The summed E-state index contributed by atoms with van der Waals surface area (Å²) < 4.78 is 5.71. The minimum absolute atomic E-state index is 0.362. The number of likely N-dealkylation sites (N-methyl/N-ethyl adjacent to an activating group) is 1. The molecule has 1 aromatic rings. The van der Waals surface area contributed by atoms with Gasteiger partial charge in [-0.3, -0.25) is 4.90 Å². The molecule has 18 heavy (non-hydrogen) atoms. The maximum absolute atomic E-state index is 5.71. The lowest BCUT2D eigenvalue weighted by Crippen LogP contribution is -2.46. The number of nitrogens with one attached hydrogen (secondary N) is 1. The van der Waals surface area contributed by atoms with E-state index in [0.717, 1.165) is 26.2 Å². The molecule has 0 saturated carbocycles. The summed E-state index contributed by atoms with van der Waals surface area (Å²) in [5.41, 5.74) is 1.44. The van der Waals surface area contributed by atoms with Gasteiger partial charge in [-0.2, -0.15) is 0 Å². The second kappa shape index (κ2) is 7.52. The average molecular weight is 248 g/mol. The van der Waals surface area contributed by atoms with Crippen LogP contribution in [0.4, 0.5) is 0 Å². The first-order valence-electron chi connectivity index (χ1n) is 6.91. The third-order valence-corrected chi connectivity index (χ3v) is 3.44. The van der Waals surface area contributed by atoms with Gasteiger partial charge in [0.15, 0.2) is 0 Å². The Morgan fingerprint density at radius 1 is 1.33 bits per heavy atom. The molecule has 1 aromatic carbocycles. The van der Waals surface area contributed by atoms with Crippen molar-refractivity contribution in [3.05, 3.63) is 35.9 Å². The fraction of sp³-hybridized carbons (Fsp3) is 0.600. The number of hydrogen-bond acceptors (Lipinski definition) is 3. The maximum atomic E-state index is 5.71. The molecule has 1 N–H and O–H groups in total. The molecule has 1 heterocycles. The zero-order chi connectivity index (χ0) is 12.6. The predicted molar refractivity (Wildman–Crippen MR) is 74.9 cm³/mol. The molecule has 0 bridgehead atoms. The van der Waals surface area contributed by atoms with E-state index < -0.39 is 0 Å². The zero-order valence-corrected chi connectivity index (χ0v) is 11.3. The molecule has 1 unspecified atom stereocenters. The Kier molecular flexibility index (Phi) is 5.65. The molecule has 0 spiro atoms. The minimum atomic E-state index is 0.362. The highest BCUT2D eigenvalue weighted by Gasteiger charge is 2.18. The van der Waals surface area contributed by atoms with Crippen LogP contribution in [0.15, 0.2) is 30.3 Å². The van der Waals surface area contributed by atoms with Crippen LogP contribution in [0.25, 0.3) is 0 Å². The average Bonchev–Trinajstić information content (AvgIpc) is 2.41. The fourth-order valence-corrected chi connectivity index (χ4v) is 2.49. The third kappa shape index (κ3) is 4.41. The van der Waals surface area contributed by atoms with Gasteiger partial charge in [0, 0.05) is 19.6 Å². The summed E-state index contributed by atoms with van der Waals surface area (Å²) >= 11 is 0. The molecule has 0 aliphatic carbocycles. The molecular formula is C15H24N2O. The minimum Gasteiger partial charge on any atom is -0.374 e. The first kappa shape index (κ1) is 13.5. The van der Waals surface area contributed by atoms with Crippen LogP contribution >= 0.6 is 0 Å². The summed E-state index contributed by atoms with van der Waals surface area (Å²) in [4.78, 5) is 2.52. The number of aryl methyl sites for hydroxylation is 1. The molecule has 100 valence electrons. The van der Waals surface area contributed by atoms with Gasteiger partial charge in [0.25, 0.3) is 0 Å². The first-order chi connectivity index (χ1) is 8.88. The lowest BCUT2D eigenvalue weighted by Gasteiger charge is -2.32. The standard InChI is InChI=1S/C15H24N2O/c1-16-12-15-13-17(10-11-18-15)9-5-8-14-6-3-2-4-7-14/h2-4,6-7,15-16H,5,8-13H2,1H3. The van der Waals surface area contributed by atoms with Gasteiger partial charge in [0.05, 0.1) is 12.7 Å². The summed E-state index contributed by atoms with van der Waals surface area (Å²) in [6.45, 7) is 5.15. The summed E-state index contributed by atoms with van der Waals surface area (Å²) in [7, 11) is 1.98. The van der Waals surface area contributed by atoms with Crippen molar-refractivity contribution in [2.75, 3.05) is 39.8 Å². The molecule has 0 aromatic heterocycles. The van der Waals surface area contributed by atoms with Crippen molar-refractivity contribution in [2.24, 2.45) is 0 Å². The molecule has 1 atom stereocenters. The Labute approximate surface area is 110 Å². The first-order valence-corrected chi connectivity index (χ1v) is 6.91. The number of hydrogen-bond donors (Lipinski definition) is 1. The van der Waals surface area contributed by atoms with E-state index in [1.807, 2.05) is 7.05 Å². The van der Waals surface area contributed by atoms with Gasteiger partial charge in [0.2, 0.25) is 0 Å². The van der Waals surface area contributed by atoms with Gasteiger partial charge in [-0.1, -0.05) is 30.3 Å². The van der Waals surface area contributed by atoms with Crippen molar-refractivity contribution in [2.45, 2.75) is 18.9 Å². The van der Waals surface area contributed by atoms with Crippen LogP contribution in [0.3, 0.4) is 0 Å². The molecular weight excluding hydrogens is 224 g/mol. The Morgan fingerprint density at radius 2 is 2.17 bits per heavy atom. The molecule has 0 amide bonds. The van der Waals surface area contributed by atoms with Gasteiger partial charge >= 0.3 is 0 Å². The van der Waals surface area contributed by atoms with E-state index in [4.69, 9.17) is 4.74 Å². The summed E-state index contributed by atoms with van der Waals surface area (Å²) in [6.07, 6.45) is 2.77. The highest BCUT2D eigenvalue weighted by Crippen LogP contribution is 2.07. The lowest BCUT2D eigenvalue weighted by molar-refractivity contribution is -0.0264. The Bertz CT molecular complexity index is 327. The van der Waals surface area contributed by atoms with Gasteiger partial charge in [-0.15, -0.1) is 0 Å². The summed E-state index contributed by atoms with van der Waals surface area (Å²) in [6, 6.07) is 10.7. The van der Waals surface area contributed by atoms with Crippen molar-refractivity contribution in [1.82, 2.24) is 10.2 Å². The number of benzene rings is 1. The van der Waals surface area contributed by atoms with Crippen LogP contribution in [0.1, 0.15) is 12.0 Å². The van der Waals surface area contributed by atoms with Crippen LogP contribution in [0.2, 0.25) is 0 Å². The Balaban J connectivity index is 1.67. The molecule has 1 fully saturated rings. The van der Waals surface area contributed by atoms with E-state index in [1.54, 1.807) is 0 Å². The molecule has 2 rings (SSSR count). The van der Waals surface area contributed by atoms with Gasteiger partial charge < -0.3 is 10.1 Å². The van der Waals surface area contributed by atoms with Crippen molar-refractivity contribution in [3.8, 4) is 0 Å². The highest BCUT2D eigenvalue weighted by molar-refractivity contribution is 5.14. The number of nitrogens with zero attached hydrogens (tertiary/aromatic N) is 1. The molecule has 3 heteroatoms. The van der Waals surface area contributed by atoms with Crippen molar-refractivity contribution in [1.29, 1.82) is 0 Å². The summed E-state index contributed by atoms with van der Waals surface area (Å²) in [5, 5.41) is 3.19. The van der Waals surface area contributed by atoms with Crippen LogP contribution in [-0.4, -0.2) is 50.8 Å². The van der Waals surface area contributed by atoms with E-state index in [9.17, 15) is 0 Å². The molecule has 0 radical (unpaired) electrons. The van der Waals surface area contributed by atoms with Crippen LogP contribution in [0, 0.1) is 0 Å². The van der Waals surface area contributed by atoms with E-state index >= 15 is 0 Å². The van der Waals surface area contributed by atoms with E-state index in [1.165, 1.54) is 24.9 Å². The fourth-order valence-electron chi connectivity index (χ4n) is 2.49. The van der Waals surface area contributed by atoms with Crippen molar-refractivity contribution >= 4 is 0 Å².